The highest BCUT2D eigenvalue weighted by molar-refractivity contribution is 7.08. The molecule has 1 aliphatic heterocycles. The fourth-order valence-corrected chi connectivity index (χ4v) is 3.20. The summed E-state index contributed by atoms with van der Waals surface area (Å²) in [4.78, 5) is 4.68. The van der Waals surface area contributed by atoms with Crippen molar-refractivity contribution in [2.75, 3.05) is 6.79 Å². The third-order valence-electron chi connectivity index (χ3n) is 3.65. The van der Waals surface area contributed by atoms with Crippen LogP contribution in [0.15, 0.2) is 29.0 Å². The first kappa shape index (κ1) is 14.6. The maximum Gasteiger partial charge on any atom is 0.231 e. The topological polar surface area (TPSA) is 55.1 Å². The number of fused-ring (bicyclic) bond motifs is 2. The summed E-state index contributed by atoms with van der Waals surface area (Å²) >= 11 is 1.59. The lowest BCUT2D eigenvalue weighted by Crippen LogP contribution is -1.95. The largest absolute Gasteiger partial charge is 0.454 e. The molecule has 0 radical (unpaired) electrons. The average Bonchev–Trinajstić information content (AvgIpc) is 3.16. The molecule has 2 aromatic heterocycles. The molecule has 3 aromatic rings. The van der Waals surface area contributed by atoms with Crippen LogP contribution in [0.4, 0.5) is 0 Å². The Bertz CT molecular complexity index is 901. The quantitative estimate of drug-likeness (QED) is 0.667. The first-order valence-electron chi connectivity index (χ1n) is 6.44. The van der Waals surface area contributed by atoms with Crippen LogP contribution in [0.2, 0.25) is 0 Å². The molecule has 0 saturated heterocycles. The Morgan fingerprint density at radius 3 is 2.73 bits per heavy atom. The number of thiophene rings is 1. The van der Waals surface area contributed by atoms with Crippen molar-refractivity contribution in [2.24, 2.45) is 0 Å². The van der Waals surface area contributed by atoms with E-state index in [0.29, 0.717) is 17.1 Å². The van der Waals surface area contributed by atoms with Crippen LogP contribution in [-0.2, 0) is 0 Å². The first-order valence-corrected chi connectivity index (χ1v) is 7.39. The van der Waals surface area contributed by atoms with E-state index in [9.17, 15) is 5.26 Å². The lowest BCUT2D eigenvalue weighted by atomic mass is 9.99. The lowest BCUT2D eigenvalue weighted by Gasteiger charge is -2.09. The van der Waals surface area contributed by atoms with Crippen LogP contribution < -0.4 is 9.47 Å². The summed E-state index contributed by atoms with van der Waals surface area (Å²) in [5.41, 5.74) is 4.04. The number of halogens is 1. The predicted molar refractivity (Wildman–Crippen MR) is 87.9 cm³/mol. The van der Waals surface area contributed by atoms with E-state index in [-0.39, 0.29) is 19.2 Å². The second-order valence-corrected chi connectivity index (χ2v) is 5.59. The minimum Gasteiger partial charge on any atom is -0.454 e. The highest BCUT2D eigenvalue weighted by Gasteiger charge is 2.19. The van der Waals surface area contributed by atoms with Gasteiger partial charge in [-0.3, -0.25) is 0 Å². The maximum atomic E-state index is 9.51. The molecular weight excluding hydrogens is 320 g/mol. The minimum atomic E-state index is 0. The minimum absolute atomic E-state index is 0. The molecule has 0 unspecified atom stereocenters. The number of hydrogen-bond donors (Lipinski definition) is 0. The Hall–Kier alpha value is -2.29. The number of aromatic nitrogens is 1. The van der Waals surface area contributed by atoms with Gasteiger partial charge < -0.3 is 9.47 Å². The maximum absolute atomic E-state index is 9.51. The zero-order chi connectivity index (χ0) is 14.4. The Labute approximate surface area is 137 Å². The zero-order valence-corrected chi connectivity index (χ0v) is 13.3. The summed E-state index contributed by atoms with van der Waals surface area (Å²) in [5.74, 6) is 1.41. The normalized spacial score (nSPS) is 12.0. The van der Waals surface area contributed by atoms with Gasteiger partial charge in [-0.15, -0.1) is 12.4 Å². The van der Waals surface area contributed by atoms with Gasteiger partial charge in [-0.05, 0) is 30.0 Å². The third-order valence-corrected chi connectivity index (χ3v) is 4.33. The van der Waals surface area contributed by atoms with E-state index in [1.165, 1.54) is 0 Å². The molecular formula is C16H11ClN2O2S. The molecule has 1 aliphatic rings. The molecule has 0 amide bonds. The number of pyridine rings is 1. The van der Waals surface area contributed by atoms with Crippen LogP contribution in [0.5, 0.6) is 11.5 Å². The van der Waals surface area contributed by atoms with Crippen LogP contribution in [0.25, 0.3) is 22.2 Å². The van der Waals surface area contributed by atoms with E-state index < -0.39 is 0 Å². The molecule has 6 heteroatoms. The van der Waals surface area contributed by atoms with Crippen LogP contribution >= 0.6 is 23.7 Å². The molecule has 3 heterocycles. The highest BCUT2D eigenvalue weighted by Crippen LogP contribution is 2.39. The van der Waals surface area contributed by atoms with E-state index in [0.717, 1.165) is 27.7 Å². The number of nitriles is 1. The van der Waals surface area contributed by atoms with E-state index in [1.807, 2.05) is 35.9 Å². The molecule has 1 aromatic carbocycles. The van der Waals surface area contributed by atoms with E-state index in [1.54, 1.807) is 11.3 Å². The van der Waals surface area contributed by atoms with Gasteiger partial charge in [0.05, 0.1) is 16.8 Å². The molecule has 0 spiro atoms. The average molecular weight is 331 g/mol. The van der Waals surface area contributed by atoms with Gasteiger partial charge in [-0.2, -0.15) is 16.6 Å². The van der Waals surface area contributed by atoms with Gasteiger partial charge in [0.2, 0.25) is 6.79 Å². The van der Waals surface area contributed by atoms with E-state index in [4.69, 9.17) is 9.47 Å². The van der Waals surface area contributed by atoms with Gasteiger partial charge in [-0.1, -0.05) is 0 Å². The number of hydrogen-bond acceptors (Lipinski definition) is 5. The van der Waals surface area contributed by atoms with Crippen LogP contribution in [0.3, 0.4) is 0 Å². The van der Waals surface area contributed by atoms with E-state index in [2.05, 4.69) is 11.1 Å². The Morgan fingerprint density at radius 1 is 1.27 bits per heavy atom. The van der Waals surface area contributed by atoms with Crippen LogP contribution in [-0.4, -0.2) is 11.8 Å². The second-order valence-electron chi connectivity index (χ2n) is 4.81. The van der Waals surface area contributed by atoms with Gasteiger partial charge in [0.1, 0.15) is 6.07 Å². The van der Waals surface area contributed by atoms with Gasteiger partial charge in [0.25, 0.3) is 0 Å². The molecule has 0 bridgehead atoms. The third kappa shape index (κ3) is 2.08. The van der Waals surface area contributed by atoms with Gasteiger partial charge in [-0.25, -0.2) is 4.98 Å². The Morgan fingerprint density at radius 2 is 2.05 bits per heavy atom. The van der Waals surface area contributed by atoms with Crippen molar-refractivity contribution < 1.29 is 9.47 Å². The summed E-state index contributed by atoms with van der Waals surface area (Å²) in [7, 11) is 0. The van der Waals surface area contributed by atoms with Crippen molar-refractivity contribution in [1.29, 1.82) is 5.26 Å². The zero-order valence-electron chi connectivity index (χ0n) is 11.6. The first-order chi connectivity index (χ1) is 10.3. The SMILES string of the molecule is Cc1c(C#N)c(-c2ccsc2)nc2cc3c(cc12)OCO3.Cl. The van der Waals surface area contributed by atoms with Crippen LogP contribution in [0.1, 0.15) is 11.1 Å². The van der Waals surface area contributed by atoms with Crippen molar-refractivity contribution in [3.05, 3.63) is 40.1 Å². The molecule has 4 rings (SSSR count). The lowest BCUT2D eigenvalue weighted by molar-refractivity contribution is 0.174. The fourth-order valence-electron chi connectivity index (χ4n) is 2.56. The number of ether oxygens (including phenoxy) is 2. The number of rotatable bonds is 1. The molecule has 0 fully saturated rings. The number of aryl methyl sites for hydroxylation is 1. The number of nitrogens with zero attached hydrogens (tertiary/aromatic N) is 2. The molecule has 0 aliphatic carbocycles. The highest BCUT2D eigenvalue weighted by atomic mass is 35.5. The van der Waals surface area contributed by atoms with Crippen molar-refractivity contribution in [3.63, 3.8) is 0 Å². The van der Waals surface area contributed by atoms with Gasteiger partial charge >= 0.3 is 0 Å². The van der Waals surface area contributed by atoms with Crippen molar-refractivity contribution in [3.8, 4) is 28.8 Å². The van der Waals surface area contributed by atoms with Crippen molar-refractivity contribution in [1.82, 2.24) is 4.98 Å². The van der Waals surface area contributed by atoms with Gasteiger partial charge in [0.15, 0.2) is 11.5 Å². The monoisotopic (exact) mass is 330 g/mol. The summed E-state index contributed by atoms with van der Waals surface area (Å²) in [5, 5.41) is 14.4. The molecule has 0 atom stereocenters. The van der Waals surface area contributed by atoms with Crippen LogP contribution in [0, 0.1) is 18.3 Å². The molecule has 0 N–H and O–H groups in total. The fraction of sp³-hybridized carbons (Fsp3) is 0.125. The van der Waals surface area contributed by atoms with E-state index >= 15 is 0 Å². The standard InChI is InChI=1S/C16H10N2O2S.ClH/c1-9-11-4-14-15(20-8-19-14)5-13(11)18-16(12(9)6-17)10-2-3-21-7-10;/h2-5,7H,8H2,1H3;1H. The summed E-state index contributed by atoms with van der Waals surface area (Å²) < 4.78 is 10.8. The molecule has 4 nitrogen and oxygen atoms in total. The van der Waals surface area contributed by atoms with Crippen molar-refractivity contribution >= 4 is 34.6 Å². The number of benzene rings is 1. The van der Waals surface area contributed by atoms with Gasteiger partial charge in [0, 0.05) is 22.4 Å². The Kier molecular flexibility index (Phi) is 3.65. The second kappa shape index (κ2) is 5.48. The van der Waals surface area contributed by atoms with Crippen molar-refractivity contribution in [2.45, 2.75) is 6.92 Å². The summed E-state index contributed by atoms with van der Waals surface area (Å²) in [6, 6.07) is 8.04. The smallest absolute Gasteiger partial charge is 0.231 e. The summed E-state index contributed by atoms with van der Waals surface area (Å²) in [6.07, 6.45) is 0. The summed E-state index contributed by atoms with van der Waals surface area (Å²) in [6.45, 7) is 2.17. The molecule has 22 heavy (non-hydrogen) atoms. The molecule has 110 valence electrons. The Balaban J connectivity index is 0.00000144. The molecule has 0 saturated carbocycles. The predicted octanol–water partition coefficient (Wildman–Crippen LogP) is 4.29.